The number of rotatable bonds is 8. The van der Waals surface area contributed by atoms with E-state index >= 15 is 0 Å². The minimum Gasteiger partial charge on any atom is -0.492 e. The molecule has 0 spiro atoms. The smallest absolute Gasteiger partial charge is 0.236 e. The lowest BCUT2D eigenvalue weighted by molar-refractivity contribution is -0.131. The third-order valence-electron chi connectivity index (χ3n) is 4.26. The van der Waals surface area contributed by atoms with Crippen molar-refractivity contribution in [3.63, 3.8) is 0 Å². The minimum absolute atomic E-state index is 0.112. The fourth-order valence-corrected chi connectivity index (χ4v) is 2.52. The van der Waals surface area contributed by atoms with Crippen molar-refractivity contribution in [3.05, 3.63) is 65.2 Å². The van der Waals surface area contributed by atoms with Gasteiger partial charge < -0.3 is 9.64 Å². The van der Waals surface area contributed by atoms with Gasteiger partial charge in [-0.3, -0.25) is 9.69 Å². The number of nitrogens with zero attached hydrogens (tertiary/aromatic N) is 2. The number of amides is 1. The van der Waals surface area contributed by atoms with E-state index in [4.69, 9.17) is 4.74 Å². The molecule has 1 amide bonds. The third kappa shape index (κ3) is 6.24. The first kappa shape index (κ1) is 19.0. The molecular weight excluding hydrogens is 312 g/mol. The van der Waals surface area contributed by atoms with Gasteiger partial charge in [0.2, 0.25) is 5.91 Å². The normalized spacial score (nSPS) is 10.8. The number of carbonyl (C=O) groups is 1. The molecule has 0 bridgehead atoms. The van der Waals surface area contributed by atoms with Crippen molar-refractivity contribution in [1.29, 1.82) is 0 Å². The molecule has 0 heterocycles. The van der Waals surface area contributed by atoms with E-state index in [0.717, 1.165) is 5.75 Å². The van der Waals surface area contributed by atoms with E-state index in [1.165, 1.54) is 16.7 Å². The Balaban J connectivity index is 1.73. The molecule has 0 aliphatic rings. The van der Waals surface area contributed by atoms with Crippen molar-refractivity contribution in [3.8, 4) is 5.75 Å². The van der Waals surface area contributed by atoms with E-state index in [2.05, 4.69) is 26.0 Å². The molecule has 0 saturated carbocycles. The Morgan fingerprint density at radius 2 is 1.68 bits per heavy atom. The predicted molar refractivity (Wildman–Crippen MR) is 102 cm³/mol. The van der Waals surface area contributed by atoms with Gasteiger partial charge >= 0.3 is 0 Å². The molecule has 0 atom stereocenters. The van der Waals surface area contributed by atoms with Crippen molar-refractivity contribution < 1.29 is 9.53 Å². The average molecular weight is 340 g/mol. The number of aryl methyl sites for hydroxylation is 2. The van der Waals surface area contributed by atoms with Crippen LogP contribution in [0.3, 0.4) is 0 Å². The topological polar surface area (TPSA) is 32.8 Å². The predicted octanol–water partition coefficient (Wildman–Crippen LogP) is 3.27. The summed E-state index contributed by atoms with van der Waals surface area (Å²) in [5.74, 6) is 0.975. The molecule has 2 aromatic rings. The van der Waals surface area contributed by atoms with Crippen molar-refractivity contribution >= 4 is 5.91 Å². The van der Waals surface area contributed by atoms with Crippen LogP contribution in [0.2, 0.25) is 0 Å². The summed E-state index contributed by atoms with van der Waals surface area (Å²) >= 11 is 0. The Kier molecular flexibility index (Phi) is 7.02. The molecule has 0 saturated heterocycles. The SMILES string of the molecule is Cc1ccc(OCCN(C)CC(=O)N(C)Cc2ccccc2C)cc1. The standard InChI is InChI=1S/C21H28N2O2/c1-17-9-11-20(12-10-17)25-14-13-22(3)16-21(24)23(4)15-19-8-6-5-7-18(19)2/h5-12H,13-16H2,1-4H3. The van der Waals surface area contributed by atoms with Crippen LogP contribution < -0.4 is 4.74 Å². The van der Waals surface area contributed by atoms with Gasteiger partial charge in [-0.1, -0.05) is 42.0 Å². The van der Waals surface area contributed by atoms with Gasteiger partial charge in [0.05, 0.1) is 6.54 Å². The summed E-state index contributed by atoms with van der Waals surface area (Å²) in [6.07, 6.45) is 0. The van der Waals surface area contributed by atoms with Crippen molar-refractivity contribution in [1.82, 2.24) is 9.80 Å². The quantitative estimate of drug-likeness (QED) is 0.739. The zero-order valence-corrected chi connectivity index (χ0v) is 15.7. The Hall–Kier alpha value is -2.33. The van der Waals surface area contributed by atoms with Crippen molar-refractivity contribution in [2.75, 3.05) is 33.8 Å². The summed E-state index contributed by atoms with van der Waals surface area (Å²) in [6.45, 7) is 6.42. The second-order valence-corrected chi connectivity index (χ2v) is 6.58. The Labute approximate surface area is 151 Å². The Morgan fingerprint density at radius 1 is 1.00 bits per heavy atom. The summed E-state index contributed by atoms with van der Waals surface area (Å²) in [6, 6.07) is 16.2. The van der Waals surface area contributed by atoms with Crippen molar-refractivity contribution in [2.24, 2.45) is 0 Å². The number of carbonyl (C=O) groups excluding carboxylic acids is 1. The van der Waals surface area contributed by atoms with Gasteiger partial charge in [-0.2, -0.15) is 0 Å². The van der Waals surface area contributed by atoms with Crippen LogP contribution in [-0.2, 0) is 11.3 Å². The molecule has 0 aliphatic heterocycles. The number of hydrogen-bond donors (Lipinski definition) is 0. The highest BCUT2D eigenvalue weighted by atomic mass is 16.5. The molecular formula is C21H28N2O2. The van der Waals surface area contributed by atoms with Crippen LogP contribution in [0, 0.1) is 13.8 Å². The molecule has 0 aromatic heterocycles. The molecule has 0 radical (unpaired) electrons. The fourth-order valence-electron chi connectivity index (χ4n) is 2.52. The van der Waals surface area contributed by atoms with Crippen LogP contribution in [0.15, 0.2) is 48.5 Å². The lowest BCUT2D eigenvalue weighted by atomic mass is 10.1. The average Bonchev–Trinajstić information content (AvgIpc) is 2.58. The van der Waals surface area contributed by atoms with Crippen LogP contribution in [-0.4, -0.2) is 49.5 Å². The van der Waals surface area contributed by atoms with Gasteiger partial charge in [-0.25, -0.2) is 0 Å². The number of ether oxygens (including phenoxy) is 1. The molecule has 4 nitrogen and oxygen atoms in total. The molecule has 0 unspecified atom stereocenters. The van der Waals surface area contributed by atoms with Crippen LogP contribution in [0.5, 0.6) is 5.75 Å². The molecule has 0 N–H and O–H groups in total. The van der Waals surface area contributed by atoms with E-state index in [1.54, 1.807) is 4.90 Å². The van der Waals surface area contributed by atoms with Gasteiger partial charge in [-0.15, -0.1) is 0 Å². The van der Waals surface area contributed by atoms with Gasteiger partial charge in [0.15, 0.2) is 0 Å². The maximum absolute atomic E-state index is 12.4. The third-order valence-corrected chi connectivity index (χ3v) is 4.26. The highest BCUT2D eigenvalue weighted by molar-refractivity contribution is 5.78. The molecule has 0 fully saturated rings. The van der Waals surface area contributed by atoms with Gasteiger partial charge in [0.25, 0.3) is 0 Å². The highest BCUT2D eigenvalue weighted by Gasteiger charge is 2.13. The summed E-state index contributed by atoms with van der Waals surface area (Å²) < 4.78 is 5.72. The summed E-state index contributed by atoms with van der Waals surface area (Å²) in [5.41, 5.74) is 3.61. The first-order chi connectivity index (χ1) is 12.0. The number of likely N-dealkylation sites (N-methyl/N-ethyl adjacent to an activating group) is 2. The zero-order valence-electron chi connectivity index (χ0n) is 15.7. The van der Waals surface area contributed by atoms with E-state index in [-0.39, 0.29) is 5.91 Å². The summed E-state index contributed by atoms with van der Waals surface area (Å²) in [5, 5.41) is 0. The molecule has 2 rings (SSSR count). The largest absolute Gasteiger partial charge is 0.492 e. The maximum atomic E-state index is 12.4. The lowest BCUT2D eigenvalue weighted by Crippen LogP contribution is -2.37. The van der Waals surface area contributed by atoms with Crippen molar-refractivity contribution in [2.45, 2.75) is 20.4 Å². The van der Waals surface area contributed by atoms with E-state index in [0.29, 0.717) is 26.2 Å². The summed E-state index contributed by atoms with van der Waals surface area (Å²) in [7, 11) is 3.80. The van der Waals surface area contributed by atoms with Gasteiger partial charge in [0.1, 0.15) is 12.4 Å². The van der Waals surface area contributed by atoms with Gasteiger partial charge in [0, 0.05) is 20.1 Å². The Morgan fingerprint density at radius 3 is 2.36 bits per heavy atom. The maximum Gasteiger partial charge on any atom is 0.236 e. The van der Waals surface area contributed by atoms with Crippen LogP contribution >= 0.6 is 0 Å². The number of benzene rings is 2. The summed E-state index contributed by atoms with van der Waals surface area (Å²) in [4.78, 5) is 16.2. The first-order valence-corrected chi connectivity index (χ1v) is 8.62. The molecule has 4 heteroatoms. The molecule has 0 aliphatic carbocycles. The van der Waals surface area contributed by atoms with E-state index < -0.39 is 0 Å². The molecule has 134 valence electrons. The van der Waals surface area contributed by atoms with E-state index in [9.17, 15) is 4.79 Å². The van der Waals surface area contributed by atoms with E-state index in [1.807, 2.05) is 55.4 Å². The lowest BCUT2D eigenvalue weighted by Gasteiger charge is -2.22. The van der Waals surface area contributed by atoms with Crippen LogP contribution in [0.4, 0.5) is 0 Å². The second-order valence-electron chi connectivity index (χ2n) is 6.58. The first-order valence-electron chi connectivity index (χ1n) is 8.62. The second kappa shape index (κ2) is 9.23. The minimum atomic E-state index is 0.112. The van der Waals surface area contributed by atoms with Gasteiger partial charge in [-0.05, 0) is 44.2 Å². The van der Waals surface area contributed by atoms with Crippen LogP contribution in [0.1, 0.15) is 16.7 Å². The zero-order chi connectivity index (χ0) is 18.2. The highest BCUT2D eigenvalue weighted by Crippen LogP contribution is 2.11. The molecule has 25 heavy (non-hydrogen) atoms. The fraction of sp³-hybridized carbons (Fsp3) is 0.381. The number of hydrogen-bond acceptors (Lipinski definition) is 3. The molecule has 2 aromatic carbocycles. The van der Waals surface area contributed by atoms with Crippen LogP contribution in [0.25, 0.3) is 0 Å². The monoisotopic (exact) mass is 340 g/mol. The Bertz CT molecular complexity index is 683.